The van der Waals surface area contributed by atoms with Crippen molar-refractivity contribution in [1.29, 1.82) is 0 Å². The smallest absolute Gasteiger partial charge is 0.307 e. The number of hydrogen-bond acceptors (Lipinski definition) is 4. The first-order valence-electron chi connectivity index (χ1n) is 6.18. The Hall–Kier alpha value is -2.77. The van der Waals surface area contributed by atoms with Gasteiger partial charge in [0, 0.05) is 12.1 Å². The van der Waals surface area contributed by atoms with Gasteiger partial charge in [-0.2, -0.15) is 5.10 Å². The second kappa shape index (κ2) is 6.12. The molecule has 110 valence electrons. The Morgan fingerprint density at radius 3 is 2.86 bits per heavy atom. The molecule has 2 rings (SSSR count). The average molecular weight is 292 g/mol. The van der Waals surface area contributed by atoms with E-state index in [1.165, 1.54) is 16.9 Å². The first-order chi connectivity index (χ1) is 9.99. The molecule has 0 saturated heterocycles. The molecular weight excluding hydrogens is 279 g/mol. The zero-order valence-electron chi connectivity index (χ0n) is 11.2. The standard InChI is InChI=1S/C13H13FN4O3/c1-9(17-8-11(7-16-17)18(20)21)13(19)15-6-10-4-2-3-5-12(10)14/h2-5,7-9H,6H2,1H3,(H,15,19). The molecule has 0 aliphatic heterocycles. The summed E-state index contributed by atoms with van der Waals surface area (Å²) in [7, 11) is 0. The summed E-state index contributed by atoms with van der Waals surface area (Å²) in [6.07, 6.45) is 2.24. The average Bonchev–Trinajstić information content (AvgIpc) is 2.95. The molecule has 0 spiro atoms. The summed E-state index contributed by atoms with van der Waals surface area (Å²) >= 11 is 0. The summed E-state index contributed by atoms with van der Waals surface area (Å²) in [4.78, 5) is 21.9. The summed E-state index contributed by atoms with van der Waals surface area (Å²) in [5.41, 5.74) is 0.174. The van der Waals surface area contributed by atoms with Gasteiger partial charge in [0.1, 0.15) is 24.3 Å². The minimum atomic E-state index is -0.731. The number of nitrogens with one attached hydrogen (secondary N) is 1. The first kappa shape index (κ1) is 14.6. The van der Waals surface area contributed by atoms with Gasteiger partial charge in [0.15, 0.2) is 0 Å². The maximum atomic E-state index is 13.4. The molecule has 8 heteroatoms. The van der Waals surface area contributed by atoms with Crippen molar-refractivity contribution in [2.75, 3.05) is 0 Å². The van der Waals surface area contributed by atoms with Crippen LogP contribution in [-0.4, -0.2) is 20.6 Å². The van der Waals surface area contributed by atoms with Crippen molar-refractivity contribution in [3.63, 3.8) is 0 Å². The van der Waals surface area contributed by atoms with E-state index in [1.807, 2.05) is 0 Å². The van der Waals surface area contributed by atoms with Crippen molar-refractivity contribution in [2.24, 2.45) is 0 Å². The highest BCUT2D eigenvalue weighted by molar-refractivity contribution is 5.79. The number of carbonyl (C=O) groups is 1. The van der Waals surface area contributed by atoms with E-state index in [4.69, 9.17) is 0 Å². The van der Waals surface area contributed by atoms with Crippen molar-refractivity contribution in [3.8, 4) is 0 Å². The van der Waals surface area contributed by atoms with Gasteiger partial charge in [0.25, 0.3) is 0 Å². The Morgan fingerprint density at radius 1 is 1.52 bits per heavy atom. The Morgan fingerprint density at radius 2 is 2.24 bits per heavy atom. The molecule has 1 aromatic heterocycles. The van der Waals surface area contributed by atoms with Gasteiger partial charge in [-0.15, -0.1) is 0 Å². The molecule has 0 fully saturated rings. The molecule has 0 bridgehead atoms. The third-order valence-corrected chi connectivity index (χ3v) is 2.99. The highest BCUT2D eigenvalue weighted by Crippen LogP contribution is 2.13. The van der Waals surface area contributed by atoms with Crippen molar-refractivity contribution in [3.05, 3.63) is 58.2 Å². The third kappa shape index (κ3) is 3.41. The Labute approximate surface area is 119 Å². The minimum Gasteiger partial charge on any atom is -0.350 e. The number of hydrogen-bond donors (Lipinski definition) is 1. The number of aromatic nitrogens is 2. The lowest BCUT2D eigenvalue weighted by molar-refractivity contribution is -0.385. The fraction of sp³-hybridized carbons (Fsp3) is 0.231. The van der Waals surface area contributed by atoms with E-state index < -0.39 is 22.7 Å². The Balaban J connectivity index is 1.99. The summed E-state index contributed by atoms with van der Waals surface area (Å²) in [5.74, 6) is -0.809. The summed E-state index contributed by atoms with van der Waals surface area (Å²) in [6, 6.07) is 5.38. The van der Waals surface area contributed by atoms with Crippen LogP contribution >= 0.6 is 0 Å². The lowest BCUT2D eigenvalue weighted by Crippen LogP contribution is -2.31. The second-order valence-electron chi connectivity index (χ2n) is 4.42. The van der Waals surface area contributed by atoms with Crippen molar-refractivity contribution in [1.82, 2.24) is 15.1 Å². The van der Waals surface area contributed by atoms with Crippen LogP contribution in [0, 0.1) is 15.9 Å². The van der Waals surface area contributed by atoms with Crippen LogP contribution in [0.1, 0.15) is 18.5 Å². The molecule has 0 aliphatic rings. The molecule has 2 aromatic rings. The highest BCUT2D eigenvalue weighted by atomic mass is 19.1. The lowest BCUT2D eigenvalue weighted by Gasteiger charge is -2.12. The predicted octanol–water partition coefficient (Wildman–Crippen LogP) is 1.81. The van der Waals surface area contributed by atoms with Gasteiger partial charge < -0.3 is 5.32 Å². The first-order valence-corrected chi connectivity index (χ1v) is 6.18. The van der Waals surface area contributed by atoms with Gasteiger partial charge in [-0.3, -0.25) is 19.6 Å². The molecule has 1 N–H and O–H groups in total. The quantitative estimate of drug-likeness (QED) is 0.672. The van der Waals surface area contributed by atoms with Crippen LogP contribution in [0.15, 0.2) is 36.7 Å². The maximum absolute atomic E-state index is 13.4. The molecule has 0 radical (unpaired) electrons. The Bertz CT molecular complexity index is 671. The van der Waals surface area contributed by atoms with E-state index in [9.17, 15) is 19.3 Å². The van der Waals surface area contributed by atoms with E-state index in [-0.39, 0.29) is 12.2 Å². The highest BCUT2D eigenvalue weighted by Gasteiger charge is 2.19. The fourth-order valence-corrected chi connectivity index (χ4v) is 1.73. The van der Waals surface area contributed by atoms with Gasteiger partial charge in [0.2, 0.25) is 5.91 Å². The van der Waals surface area contributed by atoms with Crippen LogP contribution in [0.3, 0.4) is 0 Å². The van der Waals surface area contributed by atoms with Crippen molar-refractivity contribution in [2.45, 2.75) is 19.5 Å². The van der Waals surface area contributed by atoms with Crippen molar-refractivity contribution >= 4 is 11.6 Å². The van der Waals surface area contributed by atoms with Gasteiger partial charge in [-0.1, -0.05) is 18.2 Å². The molecule has 7 nitrogen and oxygen atoms in total. The molecule has 1 amide bonds. The second-order valence-corrected chi connectivity index (χ2v) is 4.42. The SMILES string of the molecule is CC(C(=O)NCc1ccccc1F)n1cc([N+](=O)[O-])cn1. The monoisotopic (exact) mass is 292 g/mol. The molecule has 1 aromatic carbocycles. The zero-order valence-corrected chi connectivity index (χ0v) is 11.2. The number of nitrogens with zero attached hydrogens (tertiary/aromatic N) is 3. The third-order valence-electron chi connectivity index (χ3n) is 2.99. The van der Waals surface area contributed by atoms with Gasteiger partial charge >= 0.3 is 5.69 Å². The number of benzene rings is 1. The zero-order chi connectivity index (χ0) is 15.4. The van der Waals surface area contributed by atoms with E-state index in [2.05, 4.69) is 10.4 Å². The maximum Gasteiger partial charge on any atom is 0.307 e. The number of rotatable bonds is 5. The van der Waals surface area contributed by atoms with Gasteiger partial charge in [-0.05, 0) is 13.0 Å². The normalized spacial score (nSPS) is 11.9. The van der Waals surface area contributed by atoms with Crippen LogP contribution in [0.25, 0.3) is 0 Å². The summed E-state index contributed by atoms with van der Waals surface area (Å²) < 4.78 is 14.6. The van der Waals surface area contributed by atoms with E-state index >= 15 is 0 Å². The molecular formula is C13H13FN4O3. The lowest BCUT2D eigenvalue weighted by atomic mass is 10.2. The molecule has 21 heavy (non-hydrogen) atoms. The largest absolute Gasteiger partial charge is 0.350 e. The van der Waals surface area contributed by atoms with Crippen LogP contribution in [-0.2, 0) is 11.3 Å². The van der Waals surface area contributed by atoms with E-state index in [1.54, 1.807) is 25.1 Å². The number of nitro groups is 1. The molecule has 1 atom stereocenters. The predicted molar refractivity (Wildman–Crippen MR) is 71.8 cm³/mol. The van der Waals surface area contributed by atoms with Gasteiger partial charge in [-0.25, -0.2) is 4.39 Å². The number of halogens is 1. The summed E-state index contributed by atoms with van der Waals surface area (Å²) in [6.45, 7) is 1.59. The van der Waals surface area contributed by atoms with Gasteiger partial charge in [0.05, 0.1) is 4.92 Å². The molecule has 0 saturated carbocycles. The van der Waals surface area contributed by atoms with E-state index in [0.717, 1.165) is 6.20 Å². The fourth-order valence-electron chi connectivity index (χ4n) is 1.73. The summed E-state index contributed by atoms with van der Waals surface area (Å²) in [5, 5.41) is 16.9. The van der Waals surface area contributed by atoms with Crippen LogP contribution < -0.4 is 5.32 Å². The van der Waals surface area contributed by atoms with Crippen molar-refractivity contribution < 1.29 is 14.1 Å². The topological polar surface area (TPSA) is 90.1 Å². The number of carbonyl (C=O) groups excluding carboxylic acids is 1. The molecule has 0 aliphatic carbocycles. The Kier molecular flexibility index (Phi) is 4.27. The van der Waals surface area contributed by atoms with Crippen LogP contribution in [0.4, 0.5) is 10.1 Å². The minimum absolute atomic E-state index is 0.0409. The molecule has 1 heterocycles. The van der Waals surface area contributed by atoms with Crippen LogP contribution in [0.2, 0.25) is 0 Å². The number of amides is 1. The van der Waals surface area contributed by atoms with E-state index in [0.29, 0.717) is 5.56 Å². The molecule has 1 unspecified atom stereocenters. The van der Waals surface area contributed by atoms with Crippen LogP contribution in [0.5, 0.6) is 0 Å².